The van der Waals surface area contributed by atoms with Gasteiger partial charge in [0.2, 0.25) is 0 Å². The van der Waals surface area contributed by atoms with Gasteiger partial charge in [0.05, 0.1) is 23.3 Å². The van der Waals surface area contributed by atoms with E-state index in [1.54, 1.807) is 42.0 Å². The summed E-state index contributed by atoms with van der Waals surface area (Å²) in [6.07, 6.45) is 0.865. The van der Waals surface area contributed by atoms with Crippen LogP contribution in [-0.2, 0) is 5.75 Å². The summed E-state index contributed by atoms with van der Waals surface area (Å²) >= 11 is 1.45. The zero-order chi connectivity index (χ0) is 26.4. The molecule has 0 bridgehead atoms. The minimum Gasteiger partial charge on any atom is -0.497 e. The van der Waals surface area contributed by atoms with Crippen molar-refractivity contribution in [1.82, 2.24) is 20.1 Å². The van der Waals surface area contributed by atoms with Crippen LogP contribution in [0.4, 0.5) is 5.69 Å². The number of carbonyl (C=O) groups excluding carboxylic acids is 1. The number of benzene rings is 3. The third-order valence-electron chi connectivity index (χ3n) is 5.88. The van der Waals surface area contributed by atoms with Crippen LogP contribution in [0, 0.1) is 10.1 Å². The lowest BCUT2D eigenvalue weighted by atomic mass is 10.1. The van der Waals surface area contributed by atoms with Crippen LogP contribution in [0.15, 0.2) is 78.0 Å². The molecule has 0 saturated carbocycles. The van der Waals surface area contributed by atoms with Crippen molar-refractivity contribution in [2.45, 2.75) is 37.2 Å². The topological polar surface area (TPSA) is 112 Å². The Balaban J connectivity index is 1.63. The first-order valence-electron chi connectivity index (χ1n) is 11.8. The van der Waals surface area contributed by atoms with Crippen molar-refractivity contribution in [3.63, 3.8) is 0 Å². The normalized spacial score (nSPS) is 11.6. The Labute approximate surface area is 219 Å². The Morgan fingerprint density at radius 3 is 2.43 bits per heavy atom. The highest BCUT2D eigenvalue weighted by Gasteiger charge is 2.23. The monoisotopic (exact) mass is 517 g/mol. The average molecular weight is 518 g/mol. The quantitative estimate of drug-likeness (QED) is 0.164. The Morgan fingerprint density at radius 1 is 1.08 bits per heavy atom. The molecule has 0 fully saturated rings. The SMILES string of the molecule is CCC(C)NC(=O)c1ccc(CSc2nnc(-c3ccccc3[N+](=O)[O-])n2-c2ccc(OC)cc2)cc1. The molecular formula is C27H27N5O4S. The minimum absolute atomic E-state index is 0.0486. The van der Waals surface area contributed by atoms with Gasteiger partial charge >= 0.3 is 0 Å². The van der Waals surface area contributed by atoms with Gasteiger partial charge in [-0.2, -0.15) is 0 Å². The summed E-state index contributed by atoms with van der Waals surface area (Å²) in [5, 5.41) is 23.9. The van der Waals surface area contributed by atoms with E-state index in [2.05, 4.69) is 15.5 Å². The second-order valence-corrected chi connectivity index (χ2v) is 9.32. The van der Waals surface area contributed by atoms with E-state index in [1.807, 2.05) is 50.2 Å². The molecule has 4 rings (SSSR count). The maximum Gasteiger partial charge on any atom is 0.280 e. The molecule has 1 unspecified atom stereocenters. The maximum absolute atomic E-state index is 12.4. The molecule has 37 heavy (non-hydrogen) atoms. The van der Waals surface area contributed by atoms with Gasteiger partial charge in [0.1, 0.15) is 5.75 Å². The molecule has 190 valence electrons. The van der Waals surface area contributed by atoms with Crippen LogP contribution in [0.1, 0.15) is 36.2 Å². The molecule has 1 aromatic heterocycles. The van der Waals surface area contributed by atoms with Gasteiger partial charge in [0.25, 0.3) is 11.6 Å². The van der Waals surface area contributed by atoms with Crippen LogP contribution in [-0.4, -0.2) is 38.7 Å². The summed E-state index contributed by atoms with van der Waals surface area (Å²) in [7, 11) is 1.59. The fourth-order valence-corrected chi connectivity index (χ4v) is 4.54. The lowest BCUT2D eigenvalue weighted by Crippen LogP contribution is -2.31. The van der Waals surface area contributed by atoms with Crippen molar-refractivity contribution in [3.8, 4) is 22.8 Å². The lowest BCUT2D eigenvalue weighted by molar-refractivity contribution is -0.384. The Morgan fingerprint density at radius 2 is 1.78 bits per heavy atom. The van der Waals surface area contributed by atoms with Crippen molar-refractivity contribution in [2.24, 2.45) is 0 Å². The van der Waals surface area contributed by atoms with Gasteiger partial charge in [-0.1, -0.05) is 43.0 Å². The molecule has 10 heteroatoms. The smallest absolute Gasteiger partial charge is 0.280 e. The number of aromatic nitrogens is 3. The van der Waals surface area contributed by atoms with E-state index in [9.17, 15) is 14.9 Å². The molecule has 1 amide bonds. The number of hydrogen-bond acceptors (Lipinski definition) is 7. The molecule has 1 heterocycles. The summed E-state index contributed by atoms with van der Waals surface area (Å²) in [6, 6.07) is 21.4. The Kier molecular flexibility index (Phi) is 8.19. The van der Waals surface area contributed by atoms with Gasteiger partial charge in [-0.05, 0) is 61.4 Å². The number of thioether (sulfide) groups is 1. The predicted octanol–water partition coefficient (Wildman–Crippen LogP) is 5.67. The number of para-hydroxylation sites is 1. The molecule has 0 spiro atoms. The second kappa shape index (κ2) is 11.7. The molecule has 4 aromatic rings. The Hall–Kier alpha value is -4.18. The third-order valence-corrected chi connectivity index (χ3v) is 6.88. The van der Waals surface area contributed by atoms with Gasteiger partial charge < -0.3 is 10.1 Å². The summed E-state index contributed by atoms with van der Waals surface area (Å²) in [5.74, 6) is 1.54. The number of rotatable bonds is 10. The van der Waals surface area contributed by atoms with E-state index >= 15 is 0 Å². The number of hydrogen-bond donors (Lipinski definition) is 1. The first kappa shape index (κ1) is 25.9. The zero-order valence-corrected chi connectivity index (χ0v) is 21.6. The van der Waals surface area contributed by atoms with E-state index in [4.69, 9.17) is 4.74 Å². The third kappa shape index (κ3) is 5.97. The van der Waals surface area contributed by atoms with Crippen LogP contribution < -0.4 is 10.1 Å². The van der Waals surface area contributed by atoms with Gasteiger partial charge in [0, 0.05) is 23.4 Å². The van der Waals surface area contributed by atoms with Crippen LogP contribution in [0.5, 0.6) is 5.75 Å². The molecule has 9 nitrogen and oxygen atoms in total. The van der Waals surface area contributed by atoms with E-state index in [-0.39, 0.29) is 17.6 Å². The van der Waals surface area contributed by atoms with Crippen LogP contribution in [0.3, 0.4) is 0 Å². The lowest BCUT2D eigenvalue weighted by Gasteiger charge is -2.12. The first-order valence-corrected chi connectivity index (χ1v) is 12.8. The van der Waals surface area contributed by atoms with E-state index in [1.165, 1.54) is 17.8 Å². The summed E-state index contributed by atoms with van der Waals surface area (Å²) in [5.41, 5.74) is 2.68. The standard InChI is InChI=1S/C27H27N5O4S/c1-4-18(2)28-26(33)20-11-9-19(10-12-20)17-37-27-30-29-25(23-7-5-6-8-24(23)32(34)35)31(27)21-13-15-22(36-3)16-14-21/h5-16,18H,4,17H2,1-3H3,(H,28,33). The van der Waals surface area contributed by atoms with Gasteiger partial charge in [-0.25, -0.2) is 0 Å². The minimum atomic E-state index is -0.422. The average Bonchev–Trinajstić information content (AvgIpc) is 3.35. The number of carbonyl (C=O) groups is 1. The number of ether oxygens (including phenoxy) is 1. The summed E-state index contributed by atoms with van der Waals surface area (Å²) in [4.78, 5) is 23.6. The van der Waals surface area contributed by atoms with Gasteiger partial charge in [0.15, 0.2) is 11.0 Å². The number of amides is 1. The van der Waals surface area contributed by atoms with Crippen molar-refractivity contribution < 1.29 is 14.5 Å². The number of methoxy groups -OCH3 is 1. The number of nitrogens with zero attached hydrogens (tertiary/aromatic N) is 4. The van der Waals surface area contributed by atoms with Crippen LogP contribution in [0.2, 0.25) is 0 Å². The molecule has 0 aliphatic carbocycles. The van der Waals surface area contributed by atoms with Crippen molar-refractivity contribution >= 4 is 23.4 Å². The van der Waals surface area contributed by atoms with E-state index in [0.717, 1.165) is 17.7 Å². The summed E-state index contributed by atoms with van der Waals surface area (Å²) < 4.78 is 7.08. The first-order chi connectivity index (χ1) is 17.9. The van der Waals surface area contributed by atoms with Gasteiger partial charge in [-0.3, -0.25) is 19.5 Å². The number of nitrogens with one attached hydrogen (secondary N) is 1. The highest BCUT2D eigenvalue weighted by molar-refractivity contribution is 7.98. The van der Waals surface area contributed by atoms with Crippen LogP contribution >= 0.6 is 11.8 Å². The molecule has 0 radical (unpaired) electrons. The largest absolute Gasteiger partial charge is 0.497 e. The van der Waals surface area contributed by atoms with Crippen molar-refractivity contribution in [1.29, 1.82) is 0 Å². The highest BCUT2D eigenvalue weighted by atomic mass is 32.2. The van der Waals surface area contributed by atoms with E-state index in [0.29, 0.717) is 33.6 Å². The molecule has 3 aromatic carbocycles. The van der Waals surface area contributed by atoms with Crippen molar-refractivity contribution in [2.75, 3.05) is 7.11 Å². The predicted molar refractivity (Wildman–Crippen MR) is 143 cm³/mol. The Bertz CT molecular complexity index is 1390. The molecule has 1 N–H and O–H groups in total. The molecule has 0 saturated heterocycles. The zero-order valence-electron chi connectivity index (χ0n) is 20.7. The number of nitro benzene ring substituents is 1. The second-order valence-electron chi connectivity index (χ2n) is 8.38. The van der Waals surface area contributed by atoms with Gasteiger partial charge in [-0.15, -0.1) is 10.2 Å². The maximum atomic E-state index is 12.4. The molecule has 0 aliphatic heterocycles. The van der Waals surface area contributed by atoms with E-state index < -0.39 is 4.92 Å². The fraction of sp³-hybridized carbons (Fsp3) is 0.222. The number of nitro groups is 1. The van der Waals surface area contributed by atoms with Crippen LogP contribution in [0.25, 0.3) is 17.1 Å². The molecule has 1 atom stereocenters. The molecule has 0 aliphatic rings. The fourth-order valence-electron chi connectivity index (χ4n) is 3.63. The summed E-state index contributed by atoms with van der Waals surface area (Å²) in [6.45, 7) is 4.00. The molecular weight excluding hydrogens is 490 g/mol. The highest BCUT2D eigenvalue weighted by Crippen LogP contribution is 2.34. The van der Waals surface area contributed by atoms with Crippen molar-refractivity contribution in [3.05, 3.63) is 94.0 Å².